The van der Waals surface area contributed by atoms with Gasteiger partial charge in [-0.15, -0.1) is 0 Å². The van der Waals surface area contributed by atoms with E-state index in [0.29, 0.717) is 11.1 Å². The van der Waals surface area contributed by atoms with Crippen LogP contribution in [0.25, 0.3) is 10.8 Å². The average molecular weight is 288 g/mol. The summed E-state index contributed by atoms with van der Waals surface area (Å²) in [7, 11) is 0. The standard InChI is InChI=1S/C13H9ClF3NO/c14-12(19)7-18-11-6-5-10(13(15,16)17)8-3-1-2-4-9(8)11/h1-6,18H,7H2. The third-order valence-corrected chi connectivity index (χ3v) is 2.78. The zero-order valence-corrected chi connectivity index (χ0v) is 10.3. The Labute approximate surface area is 112 Å². The molecular formula is C13H9ClF3NO. The van der Waals surface area contributed by atoms with Crippen LogP contribution in [0.2, 0.25) is 0 Å². The largest absolute Gasteiger partial charge is 0.417 e. The van der Waals surface area contributed by atoms with Gasteiger partial charge in [0.15, 0.2) is 0 Å². The number of halogens is 4. The Kier molecular flexibility index (Phi) is 3.66. The molecule has 0 radical (unpaired) electrons. The highest BCUT2D eigenvalue weighted by Gasteiger charge is 2.32. The van der Waals surface area contributed by atoms with Gasteiger partial charge in [-0.25, -0.2) is 0 Å². The van der Waals surface area contributed by atoms with Crippen molar-refractivity contribution >= 4 is 33.3 Å². The number of fused-ring (bicyclic) bond motifs is 1. The van der Waals surface area contributed by atoms with Crippen LogP contribution in [0.3, 0.4) is 0 Å². The molecule has 0 aliphatic rings. The molecule has 0 saturated carbocycles. The second-order valence-corrected chi connectivity index (χ2v) is 4.33. The van der Waals surface area contributed by atoms with E-state index < -0.39 is 17.0 Å². The van der Waals surface area contributed by atoms with Gasteiger partial charge in [0.25, 0.3) is 0 Å². The average Bonchev–Trinajstić information content (AvgIpc) is 2.34. The Hall–Kier alpha value is -1.75. The molecule has 2 aromatic carbocycles. The van der Waals surface area contributed by atoms with Crippen LogP contribution in [0.4, 0.5) is 18.9 Å². The summed E-state index contributed by atoms with van der Waals surface area (Å²) in [5.41, 5.74) is -0.261. The Balaban J connectivity index is 2.55. The van der Waals surface area contributed by atoms with Crippen molar-refractivity contribution in [1.29, 1.82) is 0 Å². The van der Waals surface area contributed by atoms with Gasteiger partial charge in [-0.1, -0.05) is 24.3 Å². The predicted molar refractivity (Wildman–Crippen MR) is 68.3 cm³/mol. The molecule has 2 nitrogen and oxygen atoms in total. The number of anilines is 1. The normalized spacial score (nSPS) is 11.6. The first-order valence-electron chi connectivity index (χ1n) is 5.41. The maximum Gasteiger partial charge on any atom is 0.417 e. The molecule has 0 bridgehead atoms. The Morgan fingerprint density at radius 1 is 1.11 bits per heavy atom. The molecule has 0 spiro atoms. The molecule has 0 amide bonds. The molecule has 2 rings (SSSR count). The molecule has 6 heteroatoms. The predicted octanol–water partition coefficient (Wildman–Crippen LogP) is 4.04. The molecule has 0 aliphatic carbocycles. The van der Waals surface area contributed by atoms with E-state index in [0.717, 1.165) is 6.07 Å². The van der Waals surface area contributed by atoms with Crippen LogP contribution in [0.15, 0.2) is 36.4 Å². The summed E-state index contributed by atoms with van der Waals surface area (Å²) in [6, 6.07) is 8.41. The van der Waals surface area contributed by atoms with Gasteiger partial charge >= 0.3 is 6.18 Å². The fourth-order valence-corrected chi connectivity index (χ4v) is 1.93. The van der Waals surface area contributed by atoms with Crippen LogP contribution in [-0.2, 0) is 11.0 Å². The third-order valence-electron chi connectivity index (χ3n) is 2.65. The minimum atomic E-state index is -4.42. The van der Waals surface area contributed by atoms with Crippen molar-refractivity contribution in [3.63, 3.8) is 0 Å². The summed E-state index contributed by atoms with van der Waals surface area (Å²) >= 11 is 5.20. The Morgan fingerprint density at radius 3 is 2.32 bits per heavy atom. The van der Waals surface area contributed by atoms with Gasteiger partial charge in [-0.3, -0.25) is 4.79 Å². The zero-order chi connectivity index (χ0) is 14.0. The monoisotopic (exact) mass is 287 g/mol. The van der Waals surface area contributed by atoms with Crippen LogP contribution in [-0.4, -0.2) is 11.8 Å². The number of carbonyl (C=O) groups is 1. The van der Waals surface area contributed by atoms with Gasteiger partial charge in [0, 0.05) is 11.1 Å². The van der Waals surface area contributed by atoms with Crippen molar-refractivity contribution in [2.24, 2.45) is 0 Å². The smallest absolute Gasteiger partial charge is 0.376 e. The van der Waals surface area contributed by atoms with E-state index in [4.69, 9.17) is 11.6 Å². The van der Waals surface area contributed by atoms with Crippen LogP contribution < -0.4 is 5.32 Å². The lowest BCUT2D eigenvalue weighted by Gasteiger charge is -2.14. The van der Waals surface area contributed by atoms with E-state index in [1.54, 1.807) is 12.1 Å². The molecular weight excluding hydrogens is 279 g/mol. The second-order valence-electron chi connectivity index (χ2n) is 3.91. The van der Waals surface area contributed by atoms with Gasteiger partial charge in [0.05, 0.1) is 12.1 Å². The van der Waals surface area contributed by atoms with E-state index in [2.05, 4.69) is 5.32 Å². The number of hydrogen-bond acceptors (Lipinski definition) is 2. The van der Waals surface area contributed by atoms with E-state index >= 15 is 0 Å². The quantitative estimate of drug-likeness (QED) is 0.863. The zero-order valence-electron chi connectivity index (χ0n) is 9.59. The van der Waals surface area contributed by atoms with Gasteiger partial charge in [0.2, 0.25) is 5.24 Å². The summed E-state index contributed by atoms with van der Waals surface area (Å²) < 4.78 is 38.6. The molecule has 0 heterocycles. The van der Waals surface area contributed by atoms with Crippen molar-refractivity contribution in [2.45, 2.75) is 6.18 Å². The number of benzene rings is 2. The molecule has 0 atom stereocenters. The number of rotatable bonds is 3. The van der Waals surface area contributed by atoms with E-state index in [9.17, 15) is 18.0 Å². The van der Waals surface area contributed by atoms with Crippen LogP contribution in [0.5, 0.6) is 0 Å². The summed E-state index contributed by atoms with van der Waals surface area (Å²) in [5, 5.41) is 2.59. The fourth-order valence-electron chi connectivity index (χ4n) is 1.87. The molecule has 1 N–H and O–H groups in total. The molecule has 0 aromatic heterocycles. The van der Waals surface area contributed by atoms with Crippen molar-refractivity contribution in [3.8, 4) is 0 Å². The van der Waals surface area contributed by atoms with Crippen LogP contribution in [0, 0.1) is 0 Å². The first-order chi connectivity index (χ1) is 8.89. The van der Waals surface area contributed by atoms with Gasteiger partial charge < -0.3 is 5.32 Å². The van der Waals surface area contributed by atoms with Crippen molar-refractivity contribution in [2.75, 3.05) is 11.9 Å². The summed E-state index contributed by atoms with van der Waals surface area (Å²) in [5.74, 6) is 0. The highest BCUT2D eigenvalue weighted by atomic mass is 35.5. The highest BCUT2D eigenvalue weighted by Crippen LogP contribution is 2.37. The number of carbonyl (C=O) groups excluding carboxylic acids is 1. The van der Waals surface area contributed by atoms with Crippen molar-refractivity contribution in [1.82, 2.24) is 0 Å². The molecule has 2 aromatic rings. The summed E-state index contributed by atoms with van der Waals surface area (Å²) in [4.78, 5) is 10.7. The summed E-state index contributed by atoms with van der Waals surface area (Å²) in [6.07, 6.45) is -4.42. The van der Waals surface area contributed by atoms with Gasteiger partial charge in [-0.2, -0.15) is 13.2 Å². The molecule has 19 heavy (non-hydrogen) atoms. The second kappa shape index (κ2) is 5.09. The maximum atomic E-state index is 12.9. The Bertz CT molecular complexity index is 625. The molecule has 0 saturated heterocycles. The minimum absolute atomic E-state index is 0.0852. The number of alkyl halides is 3. The summed E-state index contributed by atoms with van der Waals surface area (Å²) in [6.45, 7) is -0.142. The first-order valence-corrected chi connectivity index (χ1v) is 5.78. The molecule has 0 unspecified atom stereocenters. The number of nitrogens with one attached hydrogen (secondary N) is 1. The van der Waals surface area contributed by atoms with Crippen LogP contribution >= 0.6 is 11.6 Å². The lowest BCUT2D eigenvalue weighted by molar-refractivity contribution is -0.136. The maximum absolute atomic E-state index is 12.9. The fraction of sp³-hybridized carbons (Fsp3) is 0.154. The molecule has 0 aliphatic heterocycles. The lowest BCUT2D eigenvalue weighted by atomic mass is 10.0. The van der Waals surface area contributed by atoms with E-state index in [1.807, 2.05) is 0 Å². The third kappa shape index (κ3) is 2.98. The lowest BCUT2D eigenvalue weighted by Crippen LogP contribution is -2.10. The van der Waals surface area contributed by atoms with Gasteiger partial charge in [-0.05, 0) is 29.1 Å². The van der Waals surface area contributed by atoms with E-state index in [-0.39, 0.29) is 11.9 Å². The minimum Gasteiger partial charge on any atom is -0.376 e. The number of hydrogen-bond donors (Lipinski definition) is 1. The first kappa shape index (κ1) is 13.7. The Morgan fingerprint density at radius 2 is 1.74 bits per heavy atom. The van der Waals surface area contributed by atoms with Crippen molar-refractivity contribution in [3.05, 3.63) is 42.0 Å². The van der Waals surface area contributed by atoms with E-state index in [1.165, 1.54) is 18.2 Å². The molecule has 0 fully saturated rings. The molecule has 100 valence electrons. The van der Waals surface area contributed by atoms with Gasteiger partial charge in [0.1, 0.15) is 0 Å². The SMILES string of the molecule is O=C(Cl)CNc1ccc(C(F)(F)F)c2ccccc12. The van der Waals surface area contributed by atoms with Crippen LogP contribution in [0.1, 0.15) is 5.56 Å². The van der Waals surface area contributed by atoms with Crippen molar-refractivity contribution < 1.29 is 18.0 Å². The highest BCUT2D eigenvalue weighted by molar-refractivity contribution is 6.64. The topological polar surface area (TPSA) is 29.1 Å².